The summed E-state index contributed by atoms with van der Waals surface area (Å²) in [5, 5.41) is 18.7. The first-order valence-corrected chi connectivity index (χ1v) is 6.43. The molecule has 0 amide bonds. The molecule has 1 rings (SSSR count). The lowest BCUT2D eigenvalue weighted by atomic mass is 10.0. The maximum absolute atomic E-state index is 10.9. The Morgan fingerprint density at radius 3 is 2.50 bits per heavy atom. The van der Waals surface area contributed by atoms with E-state index in [2.05, 4.69) is 15.9 Å². The Morgan fingerprint density at radius 2 is 2.00 bits per heavy atom. The van der Waals surface area contributed by atoms with Crippen LogP contribution in [0.15, 0.2) is 22.7 Å². The third-order valence-corrected chi connectivity index (χ3v) is 3.17. The number of rotatable bonds is 4. The molecule has 0 bridgehead atoms. The second-order valence-corrected chi connectivity index (χ2v) is 6.11. The summed E-state index contributed by atoms with van der Waals surface area (Å²) >= 11 is 3.34. The maximum atomic E-state index is 10.9. The lowest BCUT2D eigenvalue weighted by Gasteiger charge is -2.34. The average Bonchev–Trinajstić information content (AvgIpc) is 2.20. The predicted molar refractivity (Wildman–Crippen MR) is 73.6 cm³/mol. The molecule has 0 saturated heterocycles. The summed E-state index contributed by atoms with van der Waals surface area (Å²) in [4.78, 5) is 12.7. The molecular weight excluding hydrogens is 298 g/mol. The fourth-order valence-electron chi connectivity index (χ4n) is 1.58. The molecule has 0 fully saturated rings. The van der Waals surface area contributed by atoms with Crippen molar-refractivity contribution >= 4 is 21.9 Å². The van der Waals surface area contributed by atoms with Crippen LogP contribution in [0.5, 0.6) is 5.75 Å². The molecule has 0 atom stereocenters. The number of halogens is 1. The van der Waals surface area contributed by atoms with Gasteiger partial charge in [-0.25, -0.2) is 0 Å². The first-order chi connectivity index (χ1) is 8.20. The molecule has 0 spiro atoms. The molecule has 2 N–H and O–H groups in total. The number of carboxylic acid groups (broad SMARTS) is 1. The van der Waals surface area contributed by atoms with E-state index in [1.807, 2.05) is 20.8 Å². The molecule has 0 saturated carbocycles. The van der Waals surface area contributed by atoms with Crippen molar-refractivity contribution in [2.24, 2.45) is 0 Å². The van der Waals surface area contributed by atoms with Crippen molar-refractivity contribution in [2.45, 2.75) is 32.9 Å². The zero-order chi connectivity index (χ0) is 13.9. The molecule has 0 heterocycles. The van der Waals surface area contributed by atoms with E-state index in [1.165, 1.54) is 0 Å². The quantitative estimate of drug-likeness (QED) is 0.897. The highest BCUT2D eigenvalue weighted by atomic mass is 79.9. The number of hydrogen-bond donors (Lipinski definition) is 2. The Labute approximate surface area is 115 Å². The molecule has 0 aliphatic carbocycles. The number of phenolic OH excluding ortho intramolecular Hbond substituents is 1. The standard InChI is InChI=1S/C13H18BrNO3/c1-13(2,3)15(8-12(17)18)7-9-6-10(14)4-5-11(9)16/h4-6,16H,7-8H2,1-3H3,(H,17,18). The molecule has 1 aromatic carbocycles. The normalized spacial score (nSPS) is 11.8. The van der Waals surface area contributed by atoms with Crippen molar-refractivity contribution in [2.75, 3.05) is 6.54 Å². The van der Waals surface area contributed by atoms with Crippen LogP contribution < -0.4 is 0 Å². The van der Waals surface area contributed by atoms with Gasteiger partial charge in [-0.3, -0.25) is 9.69 Å². The summed E-state index contributed by atoms with van der Waals surface area (Å²) in [7, 11) is 0. The number of nitrogens with zero attached hydrogens (tertiary/aromatic N) is 1. The number of hydrogen-bond acceptors (Lipinski definition) is 3. The highest BCUT2D eigenvalue weighted by Gasteiger charge is 2.24. The van der Waals surface area contributed by atoms with Crippen LogP contribution in [0.3, 0.4) is 0 Å². The van der Waals surface area contributed by atoms with Gasteiger partial charge in [0.15, 0.2) is 0 Å². The Bertz CT molecular complexity index is 440. The van der Waals surface area contributed by atoms with Crippen LogP contribution in [0.1, 0.15) is 26.3 Å². The van der Waals surface area contributed by atoms with Gasteiger partial charge in [-0.05, 0) is 39.0 Å². The second-order valence-electron chi connectivity index (χ2n) is 5.19. The number of phenols is 1. The average molecular weight is 316 g/mol. The van der Waals surface area contributed by atoms with Gasteiger partial charge in [0, 0.05) is 22.1 Å². The van der Waals surface area contributed by atoms with Crippen LogP contribution in [0.25, 0.3) is 0 Å². The van der Waals surface area contributed by atoms with Gasteiger partial charge in [0.1, 0.15) is 5.75 Å². The van der Waals surface area contributed by atoms with Crippen molar-refractivity contribution in [3.63, 3.8) is 0 Å². The molecule has 18 heavy (non-hydrogen) atoms. The molecule has 1 aromatic rings. The highest BCUT2D eigenvalue weighted by Crippen LogP contribution is 2.25. The molecular formula is C13H18BrNO3. The van der Waals surface area contributed by atoms with Crippen molar-refractivity contribution in [3.8, 4) is 5.75 Å². The van der Waals surface area contributed by atoms with Crippen LogP contribution in [0.2, 0.25) is 0 Å². The predicted octanol–water partition coefficient (Wildman–Crippen LogP) is 2.84. The summed E-state index contributed by atoms with van der Waals surface area (Å²) < 4.78 is 0.861. The first kappa shape index (κ1) is 15.0. The molecule has 5 heteroatoms. The van der Waals surface area contributed by atoms with Crippen LogP contribution in [0, 0.1) is 0 Å². The van der Waals surface area contributed by atoms with Gasteiger partial charge in [0.2, 0.25) is 0 Å². The maximum Gasteiger partial charge on any atom is 0.317 e. The van der Waals surface area contributed by atoms with E-state index >= 15 is 0 Å². The zero-order valence-electron chi connectivity index (χ0n) is 10.8. The van der Waals surface area contributed by atoms with E-state index < -0.39 is 5.97 Å². The molecule has 0 aromatic heterocycles. The van der Waals surface area contributed by atoms with E-state index in [0.717, 1.165) is 4.47 Å². The smallest absolute Gasteiger partial charge is 0.317 e. The summed E-state index contributed by atoms with van der Waals surface area (Å²) in [6.45, 7) is 6.18. The summed E-state index contributed by atoms with van der Waals surface area (Å²) in [5.41, 5.74) is 0.424. The molecule has 4 nitrogen and oxygen atoms in total. The number of carbonyl (C=O) groups is 1. The third-order valence-electron chi connectivity index (χ3n) is 2.68. The largest absolute Gasteiger partial charge is 0.508 e. The van der Waals surface area contributed by atoms with Crippen LogP contribution in [-0.2, 0) is 11.3 Å². The van der Waals surface area contributed by atoms with E-state index in [-0.39, 0.29) is 17.8 Å². The van der Waals surface area contributed by atoms with Gasteiger partial charge < -0.3 is 10.2 Å². The van der Waals surface area contributed by atoms with Crippen molar-refractivity contribution < 1.29 is 15.0 Å². The summed E-state index contributed by atoms with van der Waals surface area (Å²) in [5.74, 6) is -0.697. The molecule has 0 radical (unpaired) electrons. The SMILES string of the molecule is CC(C)(C)N(CC(=O)O)Cc1cc(Br)ccc1O. The van der Waals surface area contributed by atoms with E-state index in [9.17, 15) is 9.90 Å². The fraction of sp³-hybridized carbons (Fsp3) is 0.462. The Balaban J connectivity index is 2.96. The lowest BCUT2D eigenvalue weighted by Crippen LogP contribution is -2.43. The van der Waals surface area contributed by atoms with Gasteiger partial charge in [0.25, 0.3) is 0 Å². The monoisotopic (exact) mass is 315 g/mol. The second kappa shape index (κ2) is 5.71. The number of carboxylic acids is 1. The minimum atomic E-state index is -0.876. The van der Waals surface area contributed by atoms with Crippen molar-refractivity contribution in [3.05, 3.63) is 28.2 Å². The molecule has 0 aliphatic heterocycles. The third kappa shape index (κ3) is 4.31. The van der Waals surface area contributed by atoms with Crippen molar-refractivity contribution in [1.82, 2.24) is 4.90 Å². The van der Waals surface area contributed by atoms with Crippen LogP contribution in [-0.4, -0.2) is 33.2 Å². The Kier molecular flexibility index (Phi) is 4.76. The Hall–Kier alpha value is -1.07. The number of benzene rings is 1. The van der Waals surface area contributed by atoms with E-state index in [4.69, 9.17) is 5.11 Å². The summed E-state index contributed by atoms with van der Waals surface area (Å²) in [6.07, 6.45) is 0. The number of aromatic hydroxyl groups is 1. The van der Waals surface area contributed by atoms with Crippen LogP contribution >= 0.6 is 15.9 Å². The van der Waals surface area contributed by atoms with Gasteiger partial charge in [-0.2, -0.15) is 0 Å². The minimum Gasteiger partial charge on any atom is -0.508 e. The fourth-order valence-corrected chi connectivity index (χ4v) is 1.99. The highest BCUT2D eigenvalue weighted by molar-refractivity contribution is 9.10. The molecule has 100 valence electrons. The summed E-state index contributed by atoms with van der Waals surface area (Å²) in [6, 6.07) is 5.15. The van der Waals surface area contributed by atoms with Crippen molar-refractivity contribution in [1.29, 1.82) is 0 Å². The van der Waals surface area contributed by atoms with E-state index in [0.29, 0.717) is 12.1 Å². The van der Waals surface area contributed by atoms with Crippen LogP contribution in [0.4, 0.5) is 0 Å². The van der Waals surface area contributed by atoms with Gasteiger partial charge >= 0.3 is 5.97 Å². The Morgan fingerprint density at radius 1 is 1.39 bits per heavy atom. The molecule has 0 unspecified atom stereocenters. The van der Waals surface area contributed by atoms with Gasteiger partial charge in [0.05, 0.1) is 6.54 Å². The van der Waals surface area contributed by atoms with E-state index in [1.54, 1.807) is 23.1 Å². The number of aliphatic carboxylic acids is 1. The zero-order valence-corrected chi connectivity index (χ0v) is 12.4. The first-order valence-electron chi connectivity index (χ1n) is 5.64. The molecule has 0 aliphatic rings. The minimum absolute atomic E-state index is 0.0601. The lowest BCUT2D eigenvalue weighted by molar-refractivity contribution is -0.139. The topological polar surface area (TPSA) is 60.8 Å². The van der Waals surface area contributed by atoms with Gasteiger partial charge in [-0.15, -0.1) is 0 Å². The van der Waals surface area contributed by atoms with Gasteiger partial charge in [-0.1, -0.05) is 15.9 Å².